The molecule has 10 atom stereocenters. The van der Waals surface area contributed by atoms with Gasteiger partial charge in [0.25, 0.3) is 0 Å². The van der Waals surface area contributed by atoms with Gasteiger partial charge in [-0.25, -0.2) is 0 Å². The summed E-state index contributed by atoms with van der Waals surface area (Å²) < 4.78 is 28.3. The minimum atomic E-state index is -1.58. The van der Waals surface area contributed by atoms with Crippen LogP contribution in [0.5, 0.6) is 0 Å². The van der Waals surface area contributed by atoms with Crippen LogP contribution in [0.3, 0.4) is 0 Å². The third kappa shape index (κ3) is 11.0. The molecule has 0 radical (unpaired) electrons. The summed E-state index contributed by atoms with van der Waals surface area (Å²) in [6.07, 6.45) is -5.39. The molecule has 0 aromatic heterocycles. The number of esters is 1. The van der Waals surface area contributed by atoms with Gasteiger partial charge in [0.05, 0.1) is 19.8 Å². The fourth-order valence-electron chi connectivity index (χ4n) is 4.91. The Morgan fingerprint density at radius 1 is 0.714 bits per heavy atom. The summed E-state index contributed by atoms with van der Waals surface area (Å²) in [5.41, 5.74) is 0. The fraction of sp³-hybridized carbons (Fsp3) is 0.889. The van der Waals surface area contributed by atoms with Gasteiger partial charge in [-0.05, 0) is 12.8 Å². The molecule has 2 amide bonds. The zero-order valence-corrected chi connectivity index (χ0v) is 24.6. The molecule has 2 aliphatic heterocycles. The van der Waals surface area contributed by atoms with Gasteiger partial charge in [-0.15, -0.1) is 0 Å². The van der Waals surface area contributed by atoms with E-state index in [1.807, 2.05) is 0 Å². The number of amides is 2. The molecular formula is C27H48N2O13. The SMILES string of the molecule is CCC(=O)OCCCCCCCCOC1OC(CO)C(OC2OC(CO)C(O)C(O)C2NC(C)=O)C(O)C1NC(C)=O. The van der Waals surface area contributed by atoms with Gasteiger partial charge in [0.1, 0.15) is 48.7 Å². The van der Waals surface area contributed by atoms with Crippen molar-refractivity contribution in [3.8, 4) is 0 Å². The molecule has 244 valence electrons. The van der Waals surface area contributed by atoms with E-state index in [1.165, 1.54) is 13.8 Å². The molecule has 0 bridgehead atoms. The lowest BCUT2D eigenvalue weighted by atomic mass is 9.94. The molecule has 7 N–H and O–H groups in total. The van der Waals surface area contributed by atoms with Crippen LogP contribution in [-0.4, -0.2) is 131 Å². The average molecular weight is 609 g/mol. The molecule has 0 spiro atoms. The molecule has 15 nitrogen and oxygen atoms in total. The second-order valence-corrected chi connectivity index (χ2v) is 10.5. The van der Waals surface area contributed by atoms with E-state index < -0.39 is 86.3 Å². The zero-order valence-electron chi connectivity index (χ0n) is 24.6. The highest BCUT2D eigenvalue weighted by Gasteiger charge is 2.51. The van der Waals surface area contributed by atoms with Gasteiger partial charge in [-0.3, -0.25) is 14.4 Å². The molecule has 0 aliphatic carbocycles. The summed E-state index contributed by atoms with van der Waals surface area (Å²) in [6.45, 7) is 3.58. The van der Waals surface area contributed by atoms with Crippen molar-refractivity contribution in [2.45, 2.75) is 127 Å². The van der Waals surface area contributed by atoms with Crippen LogP contribution in [0.1, 0.15) is 65.7 Å². The Kier molecular flexibility index (Phi) is 16.1. The van der Waals surface area contributed by atoms with Crippen LogP contribution in [0.25, 0.3) is 0 Å². The number of hydrogen-bond acceptors (Lipinski definition) is 13. The minimum Gasteiger partial charge on any atom is -0.466 e. The first-order valence-electron chi connectivity index (χ1n) is 14.6. The summed E-state index contributed by atoms with van der Waals surface area (Å²) in [4.78, 5) is 34.8. The lowest BCUT2D eigenvalue weighted by Crippen LogP contribution is -2.69. The summed E-state index contributed by atoms with van der Waals surface area (Å²) in [5, 5.41) is 56.7. The monoisotopic (exact) mass is 608 g/mol. The number of carbonyl (C=O) groups is 3. The fourth-order valence-corrected chi connectivity index (χ4v) is 4.91. The molecule has 42 heavy (non-hydrogen) atoms. The van der Waals surface area contributed by atoms with E-state index in [0.717, 1.165) is 32.1 Å². The van der Waals surface area contributed by atoms with Gasteiger partial charge >= 0.3 is 5.97 Å². The van der Waals surface area contributed by atoms with Crippen LogP contribution in [0.2, 0.25) is 0 Å². The van der Waals surface area contributed by atoms with E-state index in [9.17, 15) is 39.9 Å². The van der Waals surface area contributed by atoms with Gasteiger partial charge in [-0.1, -0.05) is 32.6 Å². The number of aliphatic hydroxyl groups excluding tert-OH is 5. The first-order valence-corrected chi connectivity index (χ1v) is 14.6. The molecule has 0 saturated carbocycles. The summed E-state index contributed by atoms with van der Waals surface area (Å²) >= 11 is 0. The van der Waals surface area contributed by atoms with E-state index in [-0.39, 0.29) is 12.6 Å². The lowest BCUT2D eigenvalue weighted by Gasteiger charge is -2.48. The van der Waals surface area contributed by atoms with Crippen molar-refractivity contribution < 1.29 is 63.6 Å². The lowest BCUT2D eigenvalue weighted by molar-refractivity contribution is -0.332. The van der Waals surface area contributed by atoms with E-state index in [4.69, 9.17) is 23.7 Å². The third-order valence-corrected chi connectivity index (χ3v) is 7.14. The zero-order chi connectivity index (χ0) is 31.2. The van der Waals surface area contributed by atoms with E-state index >= 15 is 0 Å². The highest BCUT2D eigenvalue weighted by molar-refractivity contribution is 5.73. The normalized spacial score (nSPS) is 33.1. The van der Waals surface area contributed by atoms with Crippen molar-refractivity contribution in [1.29, 1.82) is 0 Å². The van der Waals surface area contributed by atoms with Crippen molar-refractivity contribution in [3.63, 3.8) is 0 Å². The molecule has 2 rings (SSSR count). The predicted molar refractivity (Wildman–Crippen MR) is 145 cm³/mol. The number of ether oxygens (including phenoxy) is 5. The Morgan fingerprint density at radius 2 is 1.24 bits per heavy atom. The largest absolute Gasteiger partial charge is 0.466 e. The van der Waals surface area contributed by atoms with Gasteiger partial charge in [0, 0.05) is 26.9 Å². The molecule has 2 heterocycles. The Labute approximate surface area is 245 Å². The Morgan fingerprint density at radius 3 is 1.79 bits per heavy atom. The topological polar surface area (TPSA) is 223 Å². The second-order valence-electron chi connectivity index (χ2n) is 10.5. The van der Waals surface area contributed by atoms with Gasteiger partial charge < -0.3 is 59.9 Å². The van der Waals surface area contributed by atoms with Crippen LogP contribution in [0.4, 0.5) is 0 Å². The van der Waals surface area contributed by atoms with Crippen molar-refractivity contribution >= 4 is 17.8 Å². The van der Waals surface area contributed by atoms with Crippen molar-refractivity contribution in [1.82, 2.24) is 10.6 Å². The molecule has 2 saturated heterocycles. The predicted octanol–water partition coefficient (Wildman–Crippen LogP) is -1.79. The van der Waals surface area contributed by atoms with Crippen LogP contribution in [0, 0.1) is 0 Å². The molecule has 10 unspecified atom stereocenters. The number of nitrogens with one attached hydrogen (secondary N) is 2. The van der Waals surface area contributed by atoms with Crippen molar-refractivity contribution in [2.24, 2.45) is 0 Å². The van der Waals surface area contributed by atoms with Gasteiger partial charge in [-0.2, -0.15) is 0 Å². The number of carbonyl (C=O) groups excluding carboxylic acids is 3. The van der Waals surface area contributed by atoms with Gasteiger partial charge in [0.15, 0.2) is 12.6 Å². The Hall–Kier alpha value is -1.95. The van der Waals surface area contributed by atoms with Crippen LogP contribution >= 0.6 is 0 Å². The molecule has 15 heteroatoms. The smallest absolute Gasteiger partial charge is 0.305 e. The maximum absolute atomic E-state index is 12.0. The summed E-state index contributed by atoms with van der Waals surface area (Å²) in [5.74, 6) is -1.25. The first-order chi connectivity index (χ1) is 20.0. The molecule has 2 aliphatic rings. The molecule has 2 fully saturated rings. The summed E-state index contributed by atoms with van der Waals surface area (Å²) in [7, 11) is 0. The van der Waals surface area contributed by atoms with E-state index in [2.05, 4.69) is 10.6 Å². The van der Waals surface area contributed by atoms with Crippen LogP contribution in [-0.2, 0) is 38.1 Å². The standard InChI is InChI=1S/C27H48N2O13/c1-4-19(34)38-11-9-7-5-6-8-10-12-39-26-21(29-16(3)33)24(37)25(18(14-31)41-26)42-27-20(28-15(2)32)23(36)22(35)17(13-30)40-27/h17-18,20-27,30-31,35-37H,4-14H2,1-3H3,(H,28,32)(H,29,33). The van der Waals surface area contributed by atoms with Crippen molar-refractivity contribution in [2.75, 3.05) is 26.4 Å². The maximum atomic E-state index is 12.0. The average Bonchev–Trinajstić information content (AvgIpc) is 2.95. The van der Waals surface area contributed by atoms with E-state index in [0.29, 0.717) is 19.4 Å². The van der Waals surface area contributed by atoms with Crippen LogP contribution < -0.4 is 10.6 Å². The highest BCUT2D eigenvalue weighted by atomic mass is 16.7. The molecular weight excluding hydrogens is 560 g/mol. The quantitative estimate of drug-likeness (QED) is 0.0717. The summed E-state index contributed by atoms with van der Waals surface area (Å²) in [6, 6.07) is -2.39. The van der Waals surface area contributed by atoms with E-state index in [1.54, 1.807) is 6.92 Å². The third-order valence-electron chi connectivity index (χ3n) is 7.14. The van der Waals surface area contributed by atoms with Crippen molar-refractivity contribution in [3.05, 3.63) is 0 Å². The number of aliphatic hydroxyl groups is 5. The first kappa shape index (κ1) is 36.2. The Bertz CT molecular complexity index is 834. The van der Waals surface area contributed by atoms with Gasteiger partial charge in [0.2, 0.25) is 11.8 Å². The number of rotatable bonds is 17. The highest BCUT2D eigenvalue weighted by Crippen LogP contribution is 2.30. The number of unbranched alkanes of at least 4 members (excludes halogenated alkanes) is 5. The van der Waals surface area contributed by atoms with Crippen LogP contribution in [0.15, 0.2) is 0 Å². The maximum Gasteiger partial charge on any atom is 0.305 e. The number of hydrogen-bond donors (Lipinski definition) is 7. The Balaban J connectivity index is 1.97. The minimum absolute atomic E-state index is 0.202. The molecule has 0 aromatic carbocycles. The molecule has 0 aromatic rings. The second kappa shape index (κ2) is 18.7.